The van der Waals surface area contributed by atoms with Gasteiger partial charge in [-0.15, -0.1) is 11.3 Å². The average Bonchev–Trinajstić information content (AvgIpc) is 3.50. The summed E-state index contributed by atoms with van der Waals surface area (Å²) < 4.78 is 9.03. The lowest BCUT2D eigenvalue weighted by molar-refractivity contribution is 0.0791. The van der Waals surface area contributed by atoms with Crippen molar-refractivity contribution in [1.29, 1.82) is 0 Å². The minimum Gasteiger partial charge on any atom is -0.456 e. The van der Waals surface area contributed by atoms with Gasteiger partial charge in [-0.25, -0.2) is 0 Å². The van der Waals surface area contributed by atoms with Crippen LogP contribution in [0.4, 0.5) is 0 Å². The lowest BCUT2D eigenvalue weighted by atomic mass is 10.1. The zero-order valence-electron chi connectivity index (χ0n) is 19.2. The first-order valence-electron chi connectivity index (χ1n) is 11.0. The number of benzene rings is 1. The molecular weight excluding hydrogens is 436 g/mol. The summed E-state index contributed by atoms with van der Waals surface area (Å²) in [5.74, 6) is 1.90. The number of aryl methyl sites for hydroxylation is 1. The Hall–Kier alpha value is -3.39. The molecule has 1 saturated heterocycles. The van der Waals surface area contributed by atoms with Crippen LogP contribution in [0.3, 0.4) is 0 Å². The summed E-state index contributed by atoms with van der Waals surface area (Å²) in [4.78, 5) is 34.1. The highest BCUT2D eigenvalue weighted by atomic mass is 32.1. The number of pyridine rings is 1. The van der Waals surface area contributed by atoms with E-state index in [0.29, 0.717) is 27.9 Å². The third-order valence-electron chi connectivity index (χ3n) is 6.12. The van der Waals surface area contributed by atoms with E-state index in [4.69, 9.17) is 4.74 Å². The van der Waals surface area contributed by atoms with Gasteiger partial charge in [0, 0.05) is 64.1 Å². The summed E-state index contributed by atoms with van der Waals surface area (Å²) in [5.41, 5.74) is 2.33. The van der Waals surface area contributed by atoms with Crippen LogP contribution >= 0.6 is 11.3 Å². The molecule has 0 N–H and O–H groups in total. The molecule has 8 heteroatoms. The van der Waals surface area contributed by atoms with Crippen LogP contribution < -0.4 is 4.74 Å². The third kappa shape index (κ3) is 3.84. The molecule has 4 heterocycles. The molecule has 3 aromatic heterocycles. The standard InChI is InChI=1S/C25H26N4O3S/c1-15-8-10-29(13-15)25(31)22-12-19-23(33-22)21(7-9-26-19)32-16-5-6-17-18(24(30)27(2)3)14-28(4)20(17)11-16/h5-7,9,11-12,14-15H,8,10,13H2,1-4H3/t15-/m1/s1. The lowest BCUT2D eigenvalue weighted by Crippen LogP contribution is -2.27. The van der Waals surface area contributed by atoms with Crippen molar-refractivity contribution in [2.45, 2.75) is 13.3 Å². The fraction of sp³-hybridized carbons (Fsp3) is 0.320. The van der Waals surface area contributed by atoms with Gasteiger partial charge in [0.25, 0.3) is 11.8 Å². The molecule has 2 amide bonds. The molecule has 0 bridgehead atoms. The molecule has 1 fully saturated rings. The molecule has 1 aliphatic heterocycles. The highest BCUT2D eigenvalue weighted by molar-refractivity contribution is 7.21. The van der Waals surface area contributed by atoms with E-state index in [0.717, 1.165) is 40.6 Å². The summed E-state index contributed by atoms with van der Waals surface area (Å²) in [6.07, 6.45) is 4.59. The second-order valence-electron chi connectivity index (χ2n) is 8.91. The molecule has 1 aliphatic rings. The maximum Gasteiger partial charge on any atom is 0.264 e. The van der Waals surface area contributed by atoms with Crippen molar-refractivity contribution in [2.24, 2.45) is 13.0 Å². The number of hydrogen-bond donors (Lipinski definition) is 0. The molecule has 7 nitrogen and oxygen atoms in total. The number of aromatic nitrogens is 2. The summed E-state index contributed by atoms with van der Waals surface area (Å²) in [6, 6.07) is 9.39. The van der Waals surface area contributed by atoms with Crippen LogP contribution in [0.15, 0.2) is 42.7 Å². The van der Waals surface area contributed by atoms with Crippen molar-refractivity contribution in [3.05, 3.63) is 53.2 Å². The Morgan fingerprint density at radius 3 is 2.76 bits per heavy atom. The minimum atomic E-state index is -0.0340. The Kier molecular flexibility index (Phi) is 5.32. The quantitative estimate of drug-likeness (QED) is 0.438. The molecule has 4 aromatic rings. The number of hydrogen-bond acceptors (Lipinski definition) is 5. The van der Waals surface area contributed by atoms with Gasteiger partial charge in [0.1, 0.15) is 11.5 Å². The van der Waals surface area contributed by atoms with Crippen LogP contribution in [-0.4, -0.2) is 58.4 Å². The second-order valence-corrected chi connectivity index (χ2v) is 9.97. The fourth-order valence-corrected chi connectivity index (χ4v) is 5.37. The maximum absolute atomic E-state index is 13.0. The number of nitrogens with zero attached hydrogens (tertiary/aromatic N) is 4. The second kappa shape index (κ2) is 8.19. The molecule has 1 atom stereocenters. The molecular formula is C25H26N4O3S. The Labute approximate surface area is 196 Å². The largest absolute Gasteiger partial charge is 0.456 e. The monoisotopic (exact) mass is 462 g/mol. The average molecular weight is 463 g/mol. The van der Waals surface area contributed by atoms with Gasteiger partial charge in [-0.1, -0.05) is 6.92 Å². The van der Waals surface area contributed by atoms with Gasteiger partial charge >= 0.3 is 0 Å². The molecule has 0 unspecified atom stereocenters. The van der Waals surface area contributed by atoms with Crippen molar-refractivity contribution < 1.29 is 14.3 Å². The van der Waals surface area contributed by atoms with Crippen LogP contribution in [0.2, 0.25) is 0 Å². The Bertz CT molecular complexity index is 1390. The minimum absolute atomic E-state index is 0.0340. The van der Waals surface area contributed by atoms with Crippen molar-refractivity contribution >= 4 is 44.3 Å². The summed E-state index contributed by atoms with van der Waals surface area (Å²) in [7, 11) is 5.41. The smallest absolute Gasteiger partial charge is 0.264 e. The molecule has 170 valence electrons. The van der Waals surface area contributed by atoms with Crippen LogP contribution in [0.5, 0.6) is 11.5 Å². The van der Waals surface area contributed by atoms with Gasteiger partial charge in [0.05, 0.1) is 26.2 Å². The van der Waals surface area contributed by atoms with E-state index in [1.807, 2.05) is 53.0 Å². The lowest BCUT2D eigenvalue weighted by Gasteiger charge is -2.14. The van der Waals surface area contributed by atoms with Crippen LogP contribution in [-0.2, 0) is 7.05 Å². The first-order valence-corrected chi connectivity index (χ1v) is 11.8. The number of rotatable bonds is 4. The summed E-state index contributed by atoms with van der Waals surface area (Å²) in [5, 5.41) is 0.882. The first kappa shape index (κ1) is 21.5. The molecule has 0 saturated carbocycles. The normalized spacial score (nSPS) is 16.0. The molecule has 33 heavy (non-hydrogen) atoms. The van der Waals surface area contributed by atoms with E-state index >= 15 is 0 Å². The van der Waals surface area contributed by atoms with Crippen molar-refractivity contribution in [3.63, 3.8) is 0 Å². The summed E-state index contributed by atoms with van der Waals surface area (Å²) >= 11 is 1.42. The number of fused-ring (bicyclic) bond motifs is 2. The number of thiophene rings is 1. The fourth-order valence-electron chi connectivity index (χ4n) is 4.34. The number of likely N-dealkylation sites (tertiary alicyclic amines) is 1. The van der Waals surface area contributed by atoms with Crippen molar-refractivity contribution in [3.8, 4) is 11.5 Å². The van der Waals surface area contributed by atoms with Gasteiger partial charge in [-0.2, -0.15) is 0 Å². The molecule has 0 radical (unpaired) electrons. The van der Waals surface area contributed by atoms with Gasteiger partial charge in [-0.05, 0) is 30.5 Å². The molecule has 0 spiro atoms. The number of amides is 2. The van der Waals surface area contributed by atoms with E-state index < -0.39 is 0 Å². The van der Waals surface area contributed by atoms with E-state index in [-0.39, 0.29) is 11.8 Å². The zero-order chi connectivity index (χ0) is 23.3. The van der Waals surface area contributed by atoms with E-state index in [1.54, 1.807) is 25.2 Å². The zero-order valence-corrected chi connectivity index (χ0v) is 20.0. The van der Waals surface area contributed by atoms with Crippen LogP contribution in [0.1, 0.15) is 33.4 Å². The van der Waals surface area contributed by atoms with E-state index in [2.05, 4.69) is 11.9 Å². The van der Waals surface area contributed by atoms with Gasteiger partial charge in [0.2, 0.25) is 0 Å². The molecule has 1 aromatic carbocycles. The third-order valence-corrected chi connectivity index (χ3v) is 7.25. The summed E-state index contributed by atoms with van der Waals surface area (Å²) in [6.45, 7) is 3.79. The highest BCUT2D eigenvalue weighted by Gasteiger charge is 2.26. The van der Waals surface area contributed by atoms with Crippen LogP contribution in [0, 0.1) is 5.92 Å². The van der Waals surface area contributed by atoms with Crippen LogP contribution in [0.25, 0.3) is 21.1 Å². The molecule has 5 rings (SSSR count). The predicted molar refractivity (Wildman–Crippen MR) is 130 cm³/mol. The Balaban J connectivity index is 1.46. The van der Waals surface area contributed by atoms with Gasteiger partial charge < -0.3 is 19.1 Å². The SMILES string of the molecule is C[C@@H]1CCN(C(=O)c2cc3nccc(Oc4ccc5c(C(=O)N(C)C)cn(C)c5c4)c3s2)C1. The predicted octanol–water partition coefficient (Wildman–Crippen LogP) is 4.76. The Morgan fingerprint density at radius 1 is 1.21 bits per heavy atom. The van der Waals surface area contributed by atoms with Gasteiger partial charge in [0.15, 0.2) is 0 Å². The van der Waals surface area contributed by atoms with Crippen molar-refractivity contribution in [1.82, 2.24) is 19.4 Å². The maximum atomic E-state index is 13.0. The number of carbonyl (C=O) groups excluding carboxylic acids is 2. The highest BCUT2D eigenvalue weighted by Crippen LogP contribution is 2.37. The topological polar surface area (TPSA) is 67.7 Å². The van der Waals surface area contributed by atoms with E-state index in [1.165, 1.54) is 11.3 Å². The first-order chi connectivity index (χ1) is 15.8. The van der Waals surface area contributed by atoms with Gasteiger partial charge in [-0.3, -0.25) is 14.6 Å². The Morgan fingerprint density at radius 2 is 2.03 bits per heavy atom. The molecule has 0 aliphatic carbocycles. The number of ether oxygens (including phenoxy) is 1. The van der Waals surface area contributed by atoms with E-state index in [9.17, 15) is 9.59 Å². The number of carbonyl (C=O) groups is 2. The van der Waals surface area contributed by atoms with Crippen molar-refractivity contribution in [2.75, 3.05) is 27.2 Å².